The van der Waals surface area contributed by atoms with Gasteiger partial charge in [-0.15, -0.1) is 0 Å². The van der Waals surface area contributed by atoms with E-state index >= 15 is 0 Å². The maximum absolute atomic E-state index is 12.8. The molecule has 3 aromatic carbocycles. The van der Waals surface area contributed by atoms with Crippen molar-refractivity contribution in [2.45, 2.75) is 44.8 Å². The Morgan fingerprint density at radius 2 is 1.47 bits per heavy atom. The number of rotatable bonds is 6. The van der Waals surface area contributed by atoms with Crippen molar-refractivity contribution in [2.24, 2.45) is 0 Å². The van der Waals surface area contributed by atoms with Gasteiger partial charge in [0.15, 0.2) is 0 Å². The Morgan fingerprint density at radius 3 is 2.03 bits per heavy atom. The molecular formula is C28H28ClNO4. The molecular weight excluding hydrogens is 450 g/mol. The van der Waals surface area contributed by atoms with Gasteiger partial charge >= 0.3 is 12.1 Å². The minimum atomic E-state index is -0.893. The summed E-state index contributed by atoms with van der Waals surface area (Å²) in [5.41, 5.74) is 4.72. The number of fused-ring (bicyclic) bond motifs is 3. The van der Waals surface area contributed by atoms with Crippen LogP contribution in [0.3, 0.4) is 0 Å². The molecule has 1 aliphatic carbocycles. The van der Waals surface area contributed by atoms with Gasteiger partial charge in [-0.05, 0) is 60.7 Å². The second kappa shape index (κ2) is 9.90. The first-order valence-electron chi connectivity index (χ1n) is 11.3. The molecule has 176 valence electrons. The van der Waals surface area contributed by atoms with Gasteiger partial charge < -0.3 is 14.8 Å². The van der Waals surface area contributed by atoms with E-state index in [-0.39, 0.29) is 18.9 Å². The Morgan fingerprint density at radius 1 is 0.912 bits per heavy atom. The third-order valence-corrected chi connectivity index (χ3v) is 5.93. The van der Waals surface area contributed by atoms with Crippen molar-refractivity contribution >= 4 is 23.7 Å². The van der Waals surface area contributed by atoms with Crippen molar-refractivity contribution in [3.63, 3.8) is 0 Å². The van der Waals surface area contributed by atoms with Crippen LogP contribution in [0.4, 0.5) is 4.79 Å². The molecule has 0 heterocycles. The summed E-state index contributed by atoms with van der Waals surface area (Å²) < 4.78 is 11.2. The molecule has 1 amide bonds. The molecule has 0 saturated carbocycles. The summed E-state index contributed by atoms with van der Waals surface area (Å²) in [5, 5.41) is 3.30. The number of carbonyl (C=O) groups excluding carboxylic acids is 2. The molecule has 4 rings (SSSR count). The first kappa shape index (κ1) is 23.8. The highest BCUT2D eigenvalue weighted by Gasteiger charge is 2.31. The number of esters is 1. The van der Waals surface area contributed by atoms with Gasteiger partial charge in [0.2, 0.25) is 0 Å². The fourth-order valence-corrected chi connectivity index (χ4v) is 4.33. The minimum Gasteiger partial charge on any atom is -0.458 e. The summed E-state index contributed by atoms with van der Waals surface area (Å²) in [6, 6.07) is 22.5. The number of ether oxygens (including phenoxy) is 2. The van der Waals surface area contributed by atoms with Gasteiger partial charge in [-0.1, -0.05) is 72.3 Å². The Labute approximate surface area is 205 Å². The molecule has 0 radical (unpaired) electrons. The molecule has 0 saturated heterocycles. The molecule has 0 aromatic heterocycles. The number of hydrogen-bond acceptors (Lipinski definition) is 4. The number of alkyl carbamates (subject to hydrolysis) is 1. The van der Waals surface area contributed by atoms with Crippen LogP contribution in [0.5, 0.6) is 0 Å². The Hall–Kier alpha value is -3.31. The second-order valence-corrected chi connectivity index (χ2v) is 9.82. The van der Waals surface area contributed by atoms with Crippen LogP contribution in [0.25, 0.3) is 11.1 Å². The fraction of sp³-hybridized carbons (Fsp3) is 0.286. The second-order valence-electron chi connectivity index (χ2n) is 9.39. The summed E-state index contributed by atoms with van der Waals surface area (Å²) in [5.74, 6) is -0.578. The summed E-state index contributed by atoms with van der Waals surface area (Å²) >= 11 is 5.98. The van der Waals surface area contributed by atoms with Crippen LogP contribution in [0.1, 0.15) is 43.4 Å². The molecule has 5 nitrogen and oxygen atoms in total. The molecule has 34 heavy (non-hydrogen) atoms. The lowest BCUT2D eigenvalue weighted by molar-refractivity contribution is -0.157. The van der Waals surface area contributed by atoms with Crippen molar-refractivity contribution < 1.29 is 19.1 Å². The van der Waals surface area contributed by atoms with Crippen LogP contribution in [0.15, 0.2) is 72.8 Å². The molecule has 1 atom stereocenters. The van der Waals surface area contributed by atoms with Crippen LogP contribution < -0.4 is 5.32 Å². The predicted molar refractivity (Wildman–Crippen MR) is 133 cm³/mol. The number of amides is 1. The molecule has 1 N–H and O–H groups in total. The van der Waals surface area contributed by atoms with Gasteiger partial charge in [0.25, 0.3) is 0 Å². The largest absolute Gasteiger partial charge is 0.458 e. The minimum absolute atomic E-state index is 0.0607. The summed E-state index contributed by atoms with van der Waals surface area (Å²) in [6.45, 7) is 5.54. The van der Waals surface area contributed by atoms with Crippen LogP contribution in [0, 0.1) is 0 Å². The van der Waals surface area contributed by atoms with E-state index < -0.39 is 23.7 Å². The van der Waals surface area contributed by atoms with E-state index in [0.29, 0.717) is 5.02 Å². The van der Waals surface area contributed by atoms with Crippen molar-refractivity contribution in [1.82, 2.24) is 5.32 Å². The Balaban J connectivity index is 1.46. The highest BCUT2D eigenvalue weighted by Crippen LogP contribution is 2.44. The van der Waals surface area contributed by atoms with Gasteiger partial charge in [0.05, 0.1) is 0 Å². The molecule has 1 aliphatic rings. The van der Waals surface area contributed by atoms with E-state index in [9.17, 15) is 9.59 Å². The van der Waals surface area contributed by atoms with Crippen molar-refractivity contribution in [3.8, 4) is 11.1 Å². The quantitative estimate of drug-likeness (QED) is 0.433. The third-order valence-electron chi connectivity index (χ3n) is 5.68. The predicted octanol–water partition coefficient (Wildman–Crippen LogP) is 6.13. The fourth-order valence-electron chi connectivity index (χ4n) is 4.20. The molecule has 0 fully saturated rings. The molecule has 1 unspecified atom stereocenters. The van der Waals surface area contributed by atoms with E-state index in [1.807, 2.05) is 36.4 Å². The lowest BCUT2D eigenvalue weighted by Crippen LogP contribution is -2.46. The summed E-state index contributed by atoms with van der Waals surface area (Å²) in [4.78, 5) is 25.6. The van der Waals surface area contributed by atoms with E-state index in [2.05, 4.69) is 29.6 Å². The maximum Gasteiger partial charge on any atom is 0.407 e. The van der Waals surface area contributed by atoms with Gasteiger partial charge in [0, 0.05) is 17.4 Å². The summed E-state index contributed by atoms with van der Waals surface area (Å²) in [6.07, 6.45) is -0.400. The molecule has 0 bridgehead atoms. The number of halogens is 1. The van der Waals surface area contributed by atoms with Crippen LogP contribution in [-0.2, 0) is 20.7 Å². The van der Waals surface area contributed by atoms with Gasteiger partial charge in [-0.25, -0.2) is 9.59 Å². The monoisotopic (exact) mass is 477 g/mol. The van der Waals surface area contributed by atoms with Crippen LogP contribution >= 0.6 is 11.6 Å². The molecule has 0 aliphatic heterocycles. The zero-order valence-corrected chi connectivity index (χ0v) is 20.3. The normalized spacial score (nSPS) is 13.5. The number of benzene rings is 3. The van der Waals surface area contributed by atoms with Crippen molar-refractivity contribution in [1.29, 1.82) is 0 Å². The smallest absolute Gasteiger partial charge is 0.407 e. The highest BCUT2D eigenvalue weighted by molar-refractivity contribution is 6.30. The van der Waals surface area contributed by atoms with E-state index in [0.717, 1.165) is 27.8 Å². The average Bonchev–Trinajstić information content (AvgIpc) is 3.11. The third kappa shape index (κ3) is 5.60. The van der Waals surface area contributed by atoms with Gasteiger partial charge in [-0.2, -0.15) is 0 Å². The van der Waals surface area contributed by atoms with Crippen molar-refractivity contribution in [3.05, 3.63) is 94.5 Å². The van der Waals surface area contributed by atoms with Gasteiger partial charge in [-0.3, -0.25) is 0 Å². The Bertz CT molecular complexity index is 1140. The molecule has 6 heteroatoms. The molecule has 0 spiro atoms. The van der Waals surface area contributed by atoms with E-state index in [1.165, 1.54) is 0 Å². The van der Waals surface area contributed by atoms with E-state index in [4.69, 9.17) is 21.1 Å². The zero-order chi connectivity index (χ0) is 24.3. The lowest BCUT2D eigenvalue weighted by Gasteiger charge is -2.25. The number of carbonyl (C=O) groups is 2. The number of nitrogens with one attached hydrogen (secondary N) is 1. The van der Waals surface area contributed by atoms with Crippen LogP contribution in [0.2, 0.25) is 5.02 Å². The zero-order valence-electron chi connectivity index (χ0n) is 19.5. The van der Waals surface area contributed by atoms with Crippen LogP contribution in [-0.4, -0.2) is 30.3 Å². The van der Waals surface area contributed by atoms with E-state index in [1.54, 1.807) is 32.9 Å². The molecule has 3 aromatic rings. The average molecular weight is 478 g/mol. The lowest BCUT2D eigenvalue weighted by atomic mass is 9.98. The number of hydrogen-bond donors (Lipinski definition) is 1. The highest BCUT2D eigenvalue weighted by atomic mass is 35.5. The van der Waals surface area contributed by atoms with Crippen molar-refractivity contribution in [2.75, 3.05) is 6.61 Å². The standard InChI is InChI=1S/C28H28ClNO4/c1-28(2,3)34-26(31)25(16-18-12-14-19(29)15-13-18)30-27(32)33-17-24-22-10-6-4-8-20(22)21-9-5-7-11-23(21)24/h4-15,24-25H,16-17H2,1-3H3,(H,30,32). The maximum atomic E-state index is 12.8. The van der Waals surface area contributed by atoms with Gasteiger partial charge in [0.1, 0.15) is 18.2 Å². The topological polar surface area (TPSA) is 64.6 Å². The first-order valence-corrected chi connectivity index (χ1v) is 11.7. The Kier molecular flexibility index (Phi) is 6.94. The first-order chi connectivity index (χ1) is 16.2. The SMILES string of the molecule is CC(C)(C)OC(=O)C(Cc1ccc(Cl)cc1)NC(=O)OCC1c2ccccc2-c2ccccc21. The summed E-state index contributed by atoms with van der Waals surface area (Å²) in [7, 11) is 0.